The lowest BCUT2D eigenvalue weighted by molar-refractivity contribution is -0.135. The Balaban J connectivity index is 1.16. The topological polar surface area (TPSA) is 130 Å². The lowest BCUT2D eigenvalue weighted by Crippen LogP contribution is -2.56. The van der Waals surface area contributed by atoms with E-state index < -0.39 is 26.2 Å². The predicted molar refractivity (Wildman–Crippen MR) is 200 cm³/mol. The molecule has 52 heavy (non-hydrogen) atoms. The number of likely N-dealkylation sites (N-methyl/N-ethyl adjacent to an activating group) is 1. The third-order valence-corrected chi connectivity index (χ3v) is 12.6. The molecule has 266 valence electrons. The van der Waals surface area contributed by atoms with Gasteiger partial charge in [0, 0.05) is 56.4 Å². The van der Waals surface area contributed by atoms with E-state index >= 15 is 0 Å². The molecule has 4 aromatic carbocycles. The maximum atomic E-state index is 14.4. The van der Waals surface area contributed by atoms with Gasteiger partial charge in [-0.2, -0.15) is 12.7 Å². The number of benzene rings is 4. The molecule has 1 aliphatic heterocycles. The van der Waals surface area contributed by atoms with E-state index in [4.69, 9.17) is 15.8 Å². The monoisotopic (exact) mass is 755 g/mol. The molecule has 1 unspecified atom stereocenters. The molecule has 0 bridgehead atoms. The second-order valence-electron chi connectivity index (χ2n) is 12.4. The molecule has 2 aromatic heterocycles. The quantitative estimate of drug-likeness (QED) is 0.160. The highest BCUT2D eigenvalue weighted by Gasteiger charge is 2.38. The molecule has 14 heteroatoms. The molecule has 0 radical (unpaired) electrons. The summed E-state index contributed by atoms with van der Waals surface area (Å²) in [6.07, 6.45) is 2.85. The van der Waals surface area contributed by atoms with Crippen LogP contribution in [0.2, 0.25) is 5.02 Å². The van der Waals surface area contributed by atoms with Crippen LogP contribution in [0.1, 0.15) is 5.56 Å². The van der Waals surface area contributed by atoms with E-state index in [1.807, 2.05) is 30.3 Å². The largest absolute Gasteiger partial charge is 0.378 e. The van der Waals surface area contributed by atoms with Gasteiger partial charge in [0.15, 0.2) is 5.03 Å². The van der Waals surface area contributed by atoms with Crippen LogP contribution in [0.5, 0.6) is 5.75 Å². The summed E-state index contributed by atoms with van der Waals surface area (Å²) in [5.41, 5.74) is 1.46. The van der Waals surface area contributed by atoms with Crippen LogP contribution in [0.25, 0.3) is 21.5 Å². The first-order valence-corrected chi connectivity index (χ1v) is 19.7. The molecule has 1 fully saturated rings. The number of carbonyl (C=O) groups is 1. The van der Waals surface area contributed by atoms with Crippen LogP contribution in [0.4, 0.5) is 5.69 Å². The van der Waals surface area contributed by atoms with Gasteiger partial charge >= 0.3 is 10.1 Å². The molecule has 0 aliphatic carbocycles. The number of para-hydroxylation sites is 1. The normalized spacial score (nSPS) is 14.5. The summed E-state index contributed by atoms with van der Waals surface area (Å²) in [6, 6.07) is 30.0. The average molecular weight is 756 g/mol. The molecule has 0 N–H and O–H groups in total. The van der Waals surface area contributed by atoms with E-state index in [0.717, 1.165) is 9.99 Å². The van der Waals surface area contributed by atoms with E-state index in [1.54, 1.807) is 71.6 Å². The number of carbonyl (C=O) groups excluding carboxylic acids is 1. The zero-order valence-corrected chi connectivity index (χ0v) is 30.4. The van der Waals surface area contributed by atoms with Gasteiger partial charge in [0.25, 0.3) is 10.0 Å². The molecule has 1 amide bonds. The Labute approximate surface area is 307 Å². The van der Waals surface area contributed by atoms with Gasteiger partial charge in [-0.25, -0.2) is 18.4 Å². The van der Waals surface area contributed by atoms with E-state index in [2.05, 4.69) is 14.9 Å². The van der Waals surface area contributed by atoms with E-state index in [-0.39, 0.29) is 28.1 Å². The molecule has 7 rings (SSSR count). The second kappa shape index (κ2) is 14.5. The third kappa shape index (κ3) is 7.04. The average Bonchev–Trinajstić information content (AvgIpc) is 3.16. The van der Waals surface area contributed by atoms with Crippen molar-refractivity contribution in [2.24, 2.45) is 0 Å². The fourth-order valence-corrected chi connectivity index (χ4v) is 9.20. The summed E-state index contributed by atoms with van der Waals surface area (Å²) >= 11 is 6.44. The third-order valence-electron chi connectivity index (χ3n) is 9.20. The summed E-state index contributed by atoms with van der Waals surface area (Å²) < 4.78 is 61.6. The molecular weight excluding hydrogens is 722 g/mol. The summed E-state index contributed by atoms with van der Waals surface area (Å²) in [6.45, 7) is 1.73. The molecule has 11 nitrogen and oxygen atoms in total. The Morgan fingerprint density at radius 1 is 0.750 bits per heavy atom. The number of nitrogens with zero attached hydrogens (tertiary/aromatic N) is 5. The van der Waals surface area contributed by atoms with Gasteiger partial charge in [-0.15, -0.1) is 0 Å². The fraction of sp³-hybridized carbons (Fsp3) is 0.184. The number of hydrogen-bond acceptors (Lipinski definition) is 9. The molecule has 6 aromatic rings. The van der Waals surface area contributed by atoms with Gasteiger partial charge in [0.05, 0.1) is 10.7 Å². The van der Waals surface area contributed by atoms with E-state index in [9.17, 15) is 21.6 Å². The number of hydrogen-bond donors (Lipinski definition) is 0. The van der Waals surface area contributed by atoms with Crippen molar-refractivity contribution in [3.8, 4) is 5.75 Å². The van der Waals surface area contributed by atoms with Crippen LogP contribution < -0.4 is 9.08 Å². The first-order valence-electron chi connectivity index (χ1n) is 16.5. The van der Waals surface area contributed by atoms with Crippen molar-refractivity contribution < 1.29 is 25.8 Å². The molecule has 0 saturated carbocycles. The van der Waals surface area contributed by atoms with Crippen LogP contribution >= 0.6 is 11.6 Å². The van der Waals surface area contributed by atoms with Crippen molar-refractivity contribution in [2.75, 3.05) is 38.1 Å². The number of fused-ring (bicyclic) bond motifs is 2. The van der Waals surface area contributed by atoms with Crippen molar-refractivity contribution in [1.29, 1.82) is 0 Å². The van der Waals surface area contributed by atoms with Crippen molar-refractivity contribution in [3.63, 3.8) is 0 Å². The second-order valence-corrected chi connectivity index (χ2v) is 16.1. The van der Waals surface area contributed by atoms with Crippen LogP contribution in [0.3, 0.4) is 0 Å². The highest BCUT2D eigenvalue weighted by atomic mass is 35.5. The van der Waals surface area contributed by atoms with Gasteiger partial charge in [-0.3, -0.25) is 4.79 Å². The lowest BCUT2D eigenvalue weighted by Gasteiger charge is -2.39. The zero-order valence-electron chi connectivity index (χ0n) is 28.0. The molecular formula is C38H34ClN5O6S2. The van der Waals surface area contributed by atoms with Gasteiger partial charge in [-0.05, 0) is 59.2 Å². The van der Waals surface area contributed by atoms with Gasteiger partial charge in [0.2, 0.25) is 10.9 Å². The number of anilines is 1. The van der Waals surface area contributed by atoms with Crippen molar-refractivity contribution in [2.45, 2.75) is 22.5 Å². The smallest absolute Gasteiger partial charge is 0.357 e. The number of rotatable bonds is 10. The maximum absolute atomic E-state index is 14.4. The van der Waals surface area contributed by atoms with Crippen LogP contribution in [0.15, 0.2) is 132 Å². The first kappa shape index (κ1) is 35.3. The summed E-state index contributed by atoms with van der Waals surface area (Å²) in [4.78, 5) is 26.5. The highest BCUT2D eigenvalue weighted by molar-refractivity contribution is 7.89. The SMILES string of the molecule is CN(C(Cc1ccc(OS(=O)(=O)c2nccc3ccccc23)cc1)C(=O)N1CCN(c2ccccc2Cl)CC1)S(=O)(=O)c1nccc2ccccc12. The summed E-state index contributed by atoms with van der Waals surface area (Å²) in [5.74, 6) is -0.326. The number of amides is 1. The maximum Gasteiger partial charge on any atom is 0.357 e. The Hall–Kier alpha value is -5.08. The lowest BCUT2D eigenvalue weighted by atomic mass is 10.0. The summed E-state index contributed by atoms with van der Waals surface area (Å²) in [5, 5.41) is 2.54. The molecule has 0 spiro atoms. The standard InChI is InChI=1S/C38H34ClN5O6S2/c1-42(51(46,47)36-31-10-4-2-8-28(31)18-20-40-36)35(38(45)44-24-22-43(23-25-44)34-13-7-6-12-33(34)39)26-27-14-16-30(17-15-27)50-52(48,49)37-32-11-5-3-9-29(32)19-21-41-37/h2-21,35H,22-26H2,1H3. The number of aromatic nitrogens is 2. The molecule has 1 aliphatic rings. The van der Waals surface area contributed by atoms with Crippen LogP contribution in [0, 0.1) is 0 Å². The summed E-state index contributed by atoms with van der Waals surface area (Å²) in [7, 11) is -7.17. The number of pyridine rings is 2. The minimum absolute atomic E-state index is 0.00195. The number of sulfonamides is 1. The van der Waals surface area contributed by atoms with Gasteiger partial charge in [-0.1, -0.05) is 84.4 Å². The zero-order chi connectivity index (χ0) is 36.5. The van der Waals surface area contributed by atoms with E-state index in [1.165, 1.54) is 31.6 Å². The van der Waals surface area contributed by atoms with Gasteiger partial charge < -0.3 is 14.0 Å². The van der Waals surface area contributed by atoms with Crippen LogP contribution in [-0.4, -0.2) is 81.2 Å². The highest BCUT2D eigenvalue weighted by Crippen LogP contribution is 2.29. The minimum atomic E-state index is -4.29. The van der Waals surface area contributed by atoms with Crippen LogP contribution in [-0.2, 0) is 31.4 Å². The van der Waals surface area contributed by atoms with Crippen molar-refractivity contribution in [1.82, 2.24) is 19.2 Å². The van der Waals surface area contributed by atoms with Crippen molar-refractivity contribution >= 4 is 64.9 Å². The Morgan fingerprint density at radius 3 is 1.94 bits per heavy atom. The van der Waals surface area contributed by atoms with E-state index in [0.29, 0.717) is 58.3 Å². The number of halogens is 1. The Morgan fingerprint density at radius 2 is 1.31 bits per heavy atom. The Kier molecular flexibility index (Phi) is 9.86. The molecule has 3 heterocycles. The molecule has 1 saturated heterocycles. The Bertz CT molecular complexity index is 2480. The minimum Gasteiger partial charge on any atom is -0.378 e. The number of piperazine rings is 1. The van der Waals surface area contributed by atoms with Crippen molar-refractivity contribution in [3.05, 3.63) is 132 Å². The fourth-order valence-electron chi connectivity index (χ4n) is 6.42. The predicted octanol–water partition coefficient (Wildman–Crippen LogP) is 5.78. The molecule has 1 atom stereocenters. The first-order chi connectivity index (χ1) is 25.0. The van der Waals surface area contributed by atoms with Gasteiger partial charge in [0.1, 0.15) is 11.8 Å².